The molecule has 4 rings (SSSR count). The normalized spacial score (nSPS) is 22.3. The average molecular weight is 367 g/mol. The molecule has 5 nitrogen and oxygen atoms in total. The molecule has 2 saturated heterocycles. The molecule has 27 heavy (non-hydrogen) atoms. The molecule has 5 heteroatoms. The number of hydrogen-bond donors (Lipinski definition) is 1. The lowest BCUT2D eigenvalue weighted by atomic mass is 9.91. The summed E-state index contributed by atoms with van der Waals surface area (Å²) >= 11 is 0. The lowest BCUT2D eigenvalue weighted by molar-refractivity contribution is -0.133. The maximum atomic E-state index is 12.8. The quantitative estimate of drug-likeness (QED) is 0.904. The van der Waals surface area contributed by atoms with Crippen LogP contribution in [0.2, 0.25) is 0 Å². The molecule has 1 unspecified atom stereocenters. The Kier molecular flexibility index (Phi) is 5.30. The van der Waals surface area contributed by atoms with Crippen LogP contribution in [0.25, 0.3) is 10.9 Å². The molecule has 1 aromatic heterocycles. The van der Waals surface area contributed by atoms with Crippen molar-refractivity contribution in [3.63, 3.8) is 0 Å². The maximum Gasteiger partial charge on any atom is 0.224 e. The van der Waals surface area contributed by atoms with Crippen LogP contribution in [0.15, 0.2) is 30.3 Å². The first-order valence-corrected chi connectivity index (χ1v) is 10.2. The van der Waals surface area contributed by atoms with E-state index in [1.807, 2.05) is 30.3 Å². The Morgan fingerprint density at radius 1 is 1.15 bits per heavy atom. The Labute approximate surface area is 161 Å². The van der Waals surface area contributed by atoms with E-state index in [1.54, 1.807) is 0 Å². The van der Waals surface area contributed by atoms with E-state index >= 15 is 0 Å². The maximum absolute atomic E-state index is 12.8. The average Bonchev–Trinajstić information content (AvgIpc) is 2.69. The highest BCUT2D eigenvalue weighted by molar-refractivity contribution is 5.82. The largest absolute Gasteiger partial charge is 0.397 e. The zero-order valence-electron chi connectivity index (χ0n) is 16.2. The van der Waals surface area contributed by atoms with Crippen molar-refractivity contribution in [2.75, 3.05) is 32.4 Å². The fourth-order valence-electron chi connectivity index (χ4n) is 4.61. The summed E-state index contributed by atoms with van der Waals surface area (Å²) in [4.78, 5) is 22.0. The van der Waals surface area contributed by atoms with Crippen LogP contribution in [0.1, 0.15) is 50.1 Å². The van der Waals surface area contributed by atoms with Crippen molar-refractivity contribution in [3.05, 3.63) is 36.0 Å². The van der Waals surface area contributed by atoms with Crippen LogP contribution in [0.4, 0.5) is 5.69 Å². The Bertz CT molecular complexity index is 813. The number of piperidine rings is 2. The van der Waals surface area contributed by atoms with Gasteiger partial charge in [-0.25, -0.2) is 0 Å². The zero-order valence-corrected chi connectivity index (χ0v) is 16.2. The number of nitrogen functional groups attached to an aromatic ring is 1. The van der Waals surface area contributed by atoms with Crippen molar-refractivity contribution < 1.29 is 4.79 Å². The fraction of sp³-hybridized carbons (Fsp3) is 0.545. The Balaban J connectivity index is 1.38. The molecule has 2 aliphatic rings. The lowest BCUT2D eigenvalue weighted by Crippen LogP contribution is -2.44. The van der Waals surface area contributed by atoms with Gasteiger partial charge in [0.25, 0.3) is 0 Å². The van der Waals surface area contributed by atoms with E-state index < -0.39 is 0 Å². The number of para-hydroxylation sites is 1. The summed E-state index contributed by atoms with van der Waals surface area (Å²) < 4.78 is 0. The van der Waals surface area contributed by atoms with Gasteiger partial charge in [-0.05, 0) is 51.4 Å². The SMILES string of the molecule is CN1CCCCC1CC(=O)N1CCC(c2nc3ccccc3cc2N)CC1. The number of fused-ring (bicyclic) bond motifs is 1. The molecule has 2 aliphatic heterocycles. The van der Waals surface area contributed by atoms with E-state index in [9.17, 15) is 4.79 Å². The molecule has 1 amide bonds. The number of aromatic nitrogens is 1. The predicted octanol–water partition coefficient (Wildman–Crippen LogP) is 3.40. The number of likely N-dealkylation sites (tertiary alicyclic amines) is 2. The molecule has 1 aromatic carbocycles. The number of pyridine rings is 1. The standard InChI is InChI=1S/C22H30N4O/c1-25-11-5-4-7-18(25)15-21(27)26-12-9-16(10-13-26)22-19(23)14-17-6-2-3-8-20(17)24-22/h2-3,6,8,14,16,18H,4-5,7,9-13,15,23H2,1H3. The summed E-state index contributed by atoms with van der Waals surface area (Å²) in [6.45, 7) is 2.74. The minimum Gasteiger partial charge on any atom is -0.397 e. The summed E-state index contributed by atoms with van der Waals surface area (Å²) in [6, 6.07) is 10.6. The molecule has 3 heterocycles. The summed E-state index contributed by atoms with van der Waals surface area (Å²) in [7, 11) is 2.15. The Morgan fingerprint density at radius 3 is 2.70 bits per heavy atom. The molecule has 0 saturated carbocycles. The predicted molar refractivity (Wildman–Crippen MR) is 110 cm³/mol. The smallest absolute Gasteiger partial charge is 0.224 e. The minimum atomic E-state index is 0.312. The van der Waals surface area contributed by atoms with Gasteiger partial charge in [0.1, 0.15) is 0 Å². The minimum absolute atomic E-state index is 0.312. The van der Waals surface area contributed by atoms with Crippen molar-refractivity contribution in [1.82, 2.24) is 14.8 Å². The van der Waals surface area contributed by atoms with Gasteiger partial charge >= 0.3 is 0 Å². The highest BCUT2D eigenvalue weighted by atomic mass is 16.2. The van der Waals surface area contributed by atoms with E-state index in [2.05, 4.69) is 16.8 Å². The first-order chi connectivity index (χ1) is 13.1. The zero-order chi connectivity index (χ0) is 18.8. The van der Waals surface area contributed by atoms with Gasteiger partial charge in [0.15, 0.2) is 0 Å². The van der Waals surface area contributed by atoms with Crippen LogP contribution in [0.3, 0.4) is 0 Å². The molecule has 2 fully saturated rings. The second-order valence-electron chi connectivity index (χ2n) is 8.14. The number of carbonyl (C=O) groups excluding carboxylic acids is 1. The van der Waals surface area contributed by atoms with Crippen LogP contribution in [-0.4, -0.2) is 53.4 Å². The second kappa shape index (κ2) is 7.85. The highest BCUT2D eigenvalue weighted by Gasteiger charge is 2.29. The molecule has 0 radical (unpaired) electrons. The van der Waals surface area contributed by atoms with E-state index in [0.717, 1.165) is 61.2 Å². The van der Waals surface area contributed by atoms with Gasteiger partial charge < -0.3 is 15.5 Å². The number of nitrogens with two attached hydrogens (primary N) is 1. The monoisotopic (exact) mass is 366 g/mol. The molecule has 0 bridgehead atoms. The van der Waals surface area contributed by atoms with Crippen LogP contribution in [-0.2, 0) is 4.79 Å². The third-order valence-electron chi connectivity index (χ3n) is 6.35. The van der Waals surface area contributed by atoms with Crippen molar-refractivity contribution in [3.8, 4) is 0 Å². The third kappa shape index (κ3) is 3.93. The van der Waals surface area contributed by atoms with Crippen molar-refractivity contribution >= 4 is 22.5 Å². The lowest BCUT2D eigenvalue weighted by Gasteiger charge is -2.36. The number of nitrogens with zero attached hydrogens (tertiary/aromatic N) is 3. The van der Waals surface area contributed by atoms with Crippen LogP contribution < -0.4 is 5.73 Å². The van der Waals surface area contributed by atoms with Gasteiger partial charge in [-0.3, -0.25) is 9.78 Å². The van der Waals surface area contributed by atoms with Crippen molar-refractivity contribution in [2.45, 2.75) is 50.5 Å². The summed E-state index contributed by atoms with van der Waals surface area (Å²) in [6.07, 6.45) is 6.21. The van der Waals surface area contributed by atoms with Crippen molar-refractivity contribution in [2.24, 2.45) is 0 Å². The number of amides is 1. The van der Waals surface area contributed by atoms with Gasteiger partial charge in [-0.15, -0.1) is 0 Å². The summed E-state index contributed by atoms with van der Waals surface area (Å²) in [5.41, 5.74) is 9.09. The van der Waals surface area contributed by atoms with Crippen molar-refractivity contribution in [1.29, 1.82) is 0 Å². The molecule has 2 N–H and O–H groups in total. The van der Waals surface area contributed by atoms with Crippen LogP contribution in [0.5, 0.6) is 0 Å². The van der Waals surface area contributed by atoms with Gasteiger partial charge in [0.05, 0.1) is 16.9 Å². The highest BCUT2D eigenvalue weighted by Crippen LogP contribution is 2.32. The number of benzene rings is 1. The van der Waals surface area contributed by atoms with Gasteiger partial charge in [-0.2, -0.15) is 0 Å². The van der Waals surface area contributed by atoms with Crippen LogP contribution >= 0.6 is 0 Å². The molecule has 2 aromatic rings. The third-order valence-corrected chi connectivity index (χ3v) is 6.35. The number of carbonyl (C=O) groups is 1. The first kappa shape index (κ1) is 18.2. The number of hydrogen-bond acceptors (Lipinski definition) is 4. The van der Waals surface area contributed by atoms with Crippen LogP contribution in [0, 0.1) is 0 Å². The molecular formula is C22H30N4O. The first-order valence-electron chi connectivity index (χ1n) is 10.2. The summed E-state index contributed by atoms with van der Waals surface area (Å²) in [5, 5.41) is 1.09. The molecule has 0 spiro atoms. The molecule has 144 valence electrons. The Morgan fingerprint density at radius 2 is 1.93 bits per heavy atom. The van der Waals surface area contributed by atoms with Gasteiger partial charge in [0.2, 0.25) is 5.91 Å². The van der Waals surface area contributed by atoms with Gasteiger partial charge in [0, 0.05) is 36.9 Å². The summed E-state index contributed by atoms with van der Waals surface area (Å²) in [5.74, 6) is 0.655. The van der Waals surface area contributed by atoms with E-state index in [1.165, 1.54) is 12.8 Å². The second-order valence-corrected chi connectivity index (χ2v) is 8.14. The van der Waals surface area contributed by atoms with Gasteiger partial charge in [-0.1, -0.05) is 24.6 Å². The van der Waals surface area contributed by atoms with E-state index in [4.69, 9.17) is 10.7 Å². The number of anilines is 1. The van der Waals surface area contributed by atoms with E-state index in [-0.39, 0.29) is 0 Å². The number of rotatable bonds is 3. The molecule has 1 atom stereocenters. The molecule has 0 aliphatic carbocycles. The Hall–Kier alpha value is -2.14. The van der Waals surface area contributed by atoms with E-state index in [0.29, 0.717) is 24.3 Å². The fourth-order valence-corrected chi connectivity index (χ4v) is 4.61. The molecular weight excluding hydrogens is 336 g/mol. The topological polar surface area (TPSA) is 62.5 Å².